The highest BCUT2D eigenvalue weighted by molar-refractivity contribution is 6.25. The van der Waals surface area contributed by atoms with Gasteiger partial charge in [-0.3, -0.25) is 37.9 Å². The van der Waals surface area contributed by atoms with Crippen molar-refractivity contribution in [2.75, 3.05) is 0 Å². The summed E-state index contributed by atoms with van der Waals surface area (Å²) in [5, 5.41) is -4.85. The summed E-state index contributed by atoms with van der Waals surface area (Å²) in [7, 11) is 1.99. The minimum absolute atomic E-state index is 0.495. The van der Waals surface area contributed by atoms with E-state index in [9.17, 15) is 41.9 Å². The molecule has 3 heterocycles. The number of rotatable bonds is 0. The van der Waals surface area contributed by atoms with Crippen LogP contribution in [0.5, 0.6) is 0 Å². The number of fused-ring (bicyclic) bond motifs is 6. The first-order valence-electron chi connectivity index (χ1n) is 7.25. The number of hydrogen-bond acceptors (Lipinski definition) is 6. The van der Waals surface area contributed by atoms with Crippen LogP contribution in [0.15, 0.2) is 28.8 Å². The fourth-order valence-electron chi connectivity index (χ4n) is 3.43. The summed E-state index contributed by atoms with van der Waals surface area (Å²) in [6, 6.07) is 0. The van der Waals surface area contributed by atoms with Crippen LogP contribution in [0.3, 0.4) is 0 Å². The maximum Gasteiger partial charge on any atom is 0.494 e. The molecule has 0 radical (unpaired) electrons. The maximum atomic E-state index is 13.2. The van der Waals surface area contributed by atoms with Gasteiger partial charge in [0.05, 0.1) is 32.3 Å². The largest absolute Gasteiger partial charge is 0.494 e. The van der Waals surface area contributed by atoms with Crippen LogP contribution in [0, 0.1) is 0 Å². The van der Waals surface area contributed by atoms with Gasteiger partial charge in [-0.1, -0.05) is 0 Å². The van der Waals surface area contributed by atoms with Crippen molar-refractivity contribution in [1.82, 2.24) is 13.7 Å². The van der Waals surface area contributed by atoms with E-state index in [4.69, 9.17) is 0 Å². The molecule has 3 aromatic heterocycles. The smallest absolute Gasteiger partial charge is 0.277 e. The lowest BCUT2D eigenvalue weighted by atomic mass is 10.0. The molecule has 9 nitrogen and oxygen atoms in total. The molecule has 0 aliphatic heterocycles. The predicted molar refractivity (Wildman–Crippen MR) is 87.4 cm³/mol. The Morgan fingerprint density at radius 3 is 0.963 bits per heavy atom. The third-order valence-electron chi connectivity index (χ3n) is 4.66. The zero-order valence-electron chi connectivity index (χ0n) is 13.4. The molecule has 138 valence electrons. The van der Waals surface area contributed by atoms with Crippen molar-refractivity contribution in [2.45, 2.75) is 6.30 Å². The molecule has 4 rings (SSSR count). The average Bonchev–Trinajstić information content (AvgIpc) is 3.06. The van der Waals surface area contributed by atoms with Gasteiger partial charge in [0, 0.05) is 14.1 Å². The van der Waals surface area contributed by atoms with E-state index in [1.807, 2.05) is 0 Å². The fourth-order valence-corrected chi connectivity index (χ4v) is 3.43. The highest BCUT2D eigenvalue weighted by Crippen LogP contribution is 2.27. The quantitative estimate of drug-likeness (QED) is 0.369. The van der Waals surface area contributed by atoms with Crippen LogP contribution in [-0.4, -0.2) is 13.7 Å². The second kappa shape index (κ2) is 4.58. The van der Waals surface area contributed by atoms with Gasteiger partial charge in [0.15, 0.2) is 0 Å². The molecule has 4 aromatic rings. The molecule has 0 unspecified atom stereocenters. The number of halogens is 3. The lowest BCUT2D eigenvalue weighted by Gasteiger charge is -2.03. The monoisotopic (exact) mass is 381 g/mol. The predicted octanol–water partition coefficient (Wildman–Crippen LogP) is -1.42. The van der Waals surface area contributed by atoms with E-state index in [0.29, 0.717) is 9.13 Å². The molecule has 0 atom stereocenters. The zero-order valence-corrected chi connectivity index (χ0v) is 13.4. The number of nitrogens with zero attached hydrogens (tertiary/aromatic N) is 3. The van der Waals surface area contributed by atoms with Crippen molar-refractivity contribution in [2.24, 2.45) is 14.1 Å². The Morgan fingerprint density at radius 2 is 0.741 bits per heavy atom. The van der Waals surface area contributed by atoms with Gasteiger partial charge in [0.25, 0.3) is 33.4 Å². The van der Waals surface area contributed by atoms with Crippen LogP contribution in [0.1, 0.15) is 0 Å². The number of aromatic nitrogens is 3. The molecular formula is C15H6F3N3O6. The summed E-state index contributed by atoms with van der Waals surface area (Å²) in [5.41, 5.74) is -8.17. The van der Waals surface area contributed by atoms with Crippen LogP contribution >= 0.6 is 0 Å². The van der Waals surface area contributed by atoms with Gasteiger partial charge in [-0.05, 0) is 0 Å². The molecule has 1 aromatic carbocycles. The summed E-state index contributed by atoms with van der Waals surface area (Å²) in [6.45, 7) is 0. The van der Waals surface area contributed by atoms with E-state index in [1.165, 1.54) is 0 Å². The second-order valence-corrected chi connectivity index (χ2v) is 6.00. The highest BCUT2D eigenvalue weighted by atomic mass is 19.4. The van der Waals surface area contributed by atoms with Crippen molar-refractivity contribution in [3.63, 3.8) is 0 Å². The molecule has 27 heavy (non-hydrogen) atoms. The molecular weight excluding hydrogens is 375 g/mol. The molecule has 0 spiro atoms. The van der Waals surface area contributed by atoms with Crippen LogP contribution in [0.25, 0.3) is 32.3 Å². The van der Waals surface area contributed by atoms with Crippen molar-refractivity contribution in [3.8, 4) is 0 Å². The van der Waals surface area contributed by atoms with Crippen LogP contribution < -0.4 is 33.4 Å². The summed E-state index contributed by atoms with van der Waals surface area (Å²) in [5.74, 6) is 0. The molecule has 0 fully saturated rings. The zero-order chi connectivity index (χ0) is 20.2. The molecule has 0 bridgehead atoms. The molecule has 0 N–H and O–H groups in total. The molecule has 0 amide bonds. The summed E-state index contributed by atoms with van der Waals surface area (Å²) in [4.78, 5) is 74.2. The normalized spacial score (nSPS) is 12.8. The summed E-state index contributed by atoms with van der Waals surface area (Å²) >= 11 is 0. The van der Waals surface area contributed by atoms with Gasteiger partial charge in [-0.15, -0.1) is 13.2 Å². The van der Waals surface area contributed by atoms with Gasteiger partial charge in [-0.25, -0.2) is 0 Å². The minimum Gasteiger partial charge on any atom is -0.277 e. The van der Waals surface area contributed by atoms with Crippen molar-refractivity contribution in [1.29, 1.82) is 0 Å². The highest BCUT2D eigenvalue weighted by Gasteiger charge is 2.39. The SMILES string of the molecule is Cn1c(=O)c2c3c(=O)n(C)c(=O)c3c3c(=O)n(C(F)(F)F)c(=O)c3c2c1=O. The van der Waals surface area contributed by atoms with Gasteiger partial charge < -0.3 is 0 Å². The van der Waals surface area contributed by atoms with Gasteiger partial charge in [-0.2, -0.15) is 4.57 Å². The number of hydrogen-bond donors (Lipinski definition) is 0. The lowest BCUT2D eigenvalue weighted by molar-refractivity contribution is -0.207. The Hall–Kier alpha value is -3.57. The standard InChI is InChI=1S/C15H6F3N3O6/c1-19-9(22)3-4-6(12(25)20(2)10(4)23)8-7(5(3)11(19)24)13(26)21(14(8)27)15(16,17)18/h1-2H3. The maximum absolute atomic E-state index is 13.2. The van der Waals surface area contributed by atoms with Gasteiger partial charge in [0.1, 0.15) is 0 Å². The van der Waals surface area contributed by atoms with E-state index >= 15 is 0 Å². The number of benzene rings is 1. The topological polar surface area (TPSA) is 117 Å². The summed E-state index contributed by atoms with van der Waals surface area (Å²) in [6.07, 6.45) is -5.43. The molecule has 0 aliphatic rings. The van der Waals surface area contributed by atoms with Gasteiger partial charge >= 0.3 is 6.30 Å². The Bertz CT molecular complexity index is 1530. The Labute approximate surface area is 142 Å². The Morgan fingerprint density at radius 1 is 0.519 bits per heavy atom. The first-order chi connectivity index (χ1) is 12.4. The van der Waals surface area contributed by atoms with E-state index < -0.39 is 76.5 Å². The first kappa shape index (κ1) is 16.9. The van der Waals surface area contributed by atoms with E-state index in [0.717, 1.165) is 14.1 Å². The molecule has 12 heteroatoms. The van der Waals surface area contributed by atoms with E-state index in [1.54, 1.807) is 0 Å². The number of alkyl halides is 3. The molecule has 0 saturated heterocycles. The Kier molecular flexibility index (Phi) is 2.86. The van der Waals surface area contributed by atoms with Crippen LogP contribution in [0.4, 0.5) is 13.2 Å². The van der Waals surface area contributed by atoms with E-state index in [2.05, 4.69) is 0 Å². The lowest BCUT2D eigenvalue weighted by Crippen LogP contribution is -2.36. The van der Waals surface area contributed by atoms with Crippen molar-refractivity contribution in [3.05, 3.63) is 62.1 Å². The molecule has 0 saturated carbocycles. The minimum atomic E-state index is -5.43. The van der Waals surface area contributed by atoms with Crippen molar-refractivity contribution >= 4 is 32.3 Å². The summed E-state index contributed by atoms with van der Waals surface area (Å²) < 4.78 is 39.5. The molecule has 0 aliphatic carbocycles. The third kappa shape index (κ3) is 1.69. The van der Waals surface area contributed by atoms with Gasteiger partial charge in [0.2, 0.25) is 0 Å². The first-order valence-corrected chi connectivity index (χ1v) is 7.25. The van der Waals surface area contributed by atoms with E-state index in [-0.39, 0.29) is 0 Å². The van der Waals surface area contributed by atoms with Crippen LogP contribution in [0.2, 0.25) is 0 Å². The second-order valence-electron chi connectivity index (χ2n) is 6.00. The van der Waals surface area contributed by atoms with Crippen molar-refractivity contribution < 1.29 is 13.2 Å². The Balaban J connectivity index is 2.68. The third-order valence-corrected chi connectivity index (χ3v) is 4.66. The average molecular weight is 381 g/mol. The fraction of sp³-hybridized carbons (Fsp3) is 0.200. The van der Waals surface area contributed by atoms with Crippen LogP contribution in [-0.2, 0) is 20.4 Å².